The molecular formula is C27H32F3N3O3. The van der Waals surface area contributed by atoms with E-state index in [1.807, 2.05) is 43.0 Å². The molecule has 0 radical (unpaired) electrons. The third-order valence-electron chi connectivity index (χ3n) is 7.51. The van der Waals surface area contributed by atoms with Crippen LogP contribution in [0.2, 0.25) is 0 Å². The van der Waals surface area contributed by atoms with Gasteiger partial charge < -0.3 is 24.2 Å². The van der Waals surface area contributed by atoms with E-state index in [-0.39, 0.29) is 30.6 Å². The van der Waals surface area contributed by atoms with Crippen molar-refractivity contribution in [3.8, 4) is 5.75 Å². The van der Waals surface area contributed by atoms with Gasteiger partial charge in [-0.3, -0.25) is 4.79 Å². The third kappa shape index (κ3) is 4.61. The monoisotopic (exact) mass is 503 g/mol. The molecule has 2 aromatic rings. The number of fused-ring (bicyclic) bond motifs is 3. The van der Waals surface area contributed by atoms with E-state index in [1.165, 1.54) is 6.07 Å². The van der Waals surface area contributed by atoms with Crippen LogP contribution in [0.25, 0.3) is 0 Å². The molecule has 2 saturated heterocycles. The number of benzene rings is 2. The highest BCUT2D eigenvalue weighted by Crippen LogP contribution is 2.41. The molecule has 0 spiro atoms. The number of amides is 1. The van der Waals surface area contributed by atoms with Gasteiger partial charge in [0.25, 0.3) is 0 Å². The summed E-state index contributed by atoms with van der Waals surface area (Å²) >= 11 is 0. The molecule has 3 aliphatic heterocycles. The second-order valence-corrected chi connectivity index (χ2v) is 10.0. The molecule has 5 rings (SSSR count). The first kappa shape index (κ1) is 24.7. The summed E-state index contributed by atoms with van der Waals surface area (Å²) in [6.07, 6.45) is -4.32. The average Bonchev–Trinajstić information content (AvgIpc) is 2.86. The first-order valence-electron chi connectivity index (χ1n) is 12.4. The van der Waals surface area contributed by atoms with Gasteiger partial charge in [-0.15, -0.1) is 0 Å². The Kier molecular flexibility index (Phi) is 6.53. The molecule has 3 heterocycles. The van der Waals surface area contributed by atoms with Gasteiger partial charge in [-0.1, -0.05) is 12.1 Å². The molecule has 4 atom stereocenters. The summed E-state index contributed by atoms with van der Waals surface area (Å²) in [6, 6.07) is 11.6. The summed E-state index contributed by atoms with van der Waals surface area (Å²) in [5, 5.41) is 0. The molecule has 0 N–H and O–H groups in total. The topological polar surface area (TPSA) is 45.2 Å². The van der Waals surface area contributed by atoms with Crippen LogP contribution in [-0.4, -0.2) is 68.9 Å². The lowest BCUT2D eigenvalue weighted by atomic mass is 9.82. The van der Waals surface area contributed by atoms with Crippen molar-refractivity contribution >= 4 is 17.3 Å². The maximum Gasteiger partial charge on any atom is 0.416 e. The molecule has 36 heavy (non-hydrogen) atoms. The van der Waals surface area contributed by atoms with Crippen LogP contribution in [0.15, 0.2) is 42.5 Å². The van der Waals surface area contributed by atoms with E-state index in [0.717, 1.165) is 23.2 Å². The van der Waals surface area contributed by atoms with Crippen LogP contribution in [0.5, 0.6) is 5.75 Å². The number of hydrogen-bond donors (Lipinski definition) is 0. The second kappa shape index (κ2) is 9.50. The van der Waals surface area contributed by atoms with Gasteiger partial charge in [-0.05, 0) is 56.2 Å². The van der Waals surface area contributed by atoms with Crippen molar-refractivity contribution in [2.45, 2.75) is 44.7 Å². The SMILES string of the molecule is COc1ccccc1N1CCN2c3ccc(C(F)(F)F)cc3CC(C(=O)N3CC(C)OC(C)C3)C2C1. The Morgan fingerprint density at radius 3 is 2.42 bits per heavy atom. The van der Waals surface area contributed by atoms with Gasteiger partial charge in [0.15, 0.2) is 0 Å². The summed E-state index contributed by atoms with van der Waals surface area (Å²) in [7, 11) is 1.64. The molecule has 0 bridgehead atoms. The molecule has 4 unspecified atom stereocenters. The zero-order valence-corrected chi connectivity index (χ0v) is 20.8. The molecule has 0 aliphatic carbocycles. The van der Waals surface area contributed by atoms with Crippen LogP contribution in [-0.2, 0) is 22.1 Å². The number of alkyl halides is 3. The van der Waals surface area contributed by atoms with Crippen LogP contribution in [0.1, 0.15) is 25.0 Å². The number of para-hydroxylation sites is 2. The molecule has 9 heteroatoms. The predicted octanol–water partition coefficient (Wildman–Crippen LogP) is 4.22. The normalized spacial score (nSPS) is 26.3. The molecular weight excluding hydrogens is 471 g/mol. The average molecular weight is 504 g/mol. The van der Waals surface area contributed by atoms with Gasteiger partial charge in [0.05, 0.1) is 42.5 Å². The van der Waals surface area contributed by atoms with Crippen molar-refractivity contribution in [1.29, 1.82) is 0 Å². The number of nitrogens with zero attached hydrogens (tertiary/aromatic N) is 3. The summed E-state index contributed by atoms with van der Waals surface area (Å²) in [4.78, 5) is 20.1. The maximum absolute atomic E-state index is 13.9. The lowest BCUT2D eigenvalue weighted by molar-refractivity contribution is -0.148. The van der Waals surface area contributed by atoms with Gasteiger partial charge in [0.1, 0.15) is 5.75 Å². The summed E-state index contributed by atoms with van der Waals surface area (Å²) in [6.45, 7) is 6.70. The fraction of sp³-hybridized carbons (Fsp3) is 0.519. The number of hydrogen-bond acceptors (Lipinski definition) is 5. The zero-order chi connectivity index (χ0) is 25.6. The quantitative estimate of drug-likeness (QED) is 0.628. The number of anilines is 2. The Balaban J connectivity index is 1.51. The van der Waals surface area contributed by atoms with Crippen molar-refractivity contribution in [3.05, 3.63) is 53.6 Å². The second-order valence-electron chi connectivity index (χ2n) is 10.0. The minimum absolute atomic E-state index is 0.0167. The molecule has 194 valence electrons. The fourth-order valence-corrected chi connectivity index (χ4v) is 5.99. The Hall–Kier alpha value is -2.94. The van der Waals surface area contributed by atoms with E-state index in [4.69, 9.17) is 9.47 Å². The van der Waals surface area contributed by atoms with Crippen molar-refractivity contribution < 1.29 is 27.4 Å². The maximum atomic E-state index is 13.9. The number of halogens is 3. The van der Waals surface area contributed by atoms with Gasteiger partial charge in [-0.2, -0.15) is 13.2 Å². The van der Waals surface area contributed by atoms with Gasteiger partial charge in [0.2, 0.25) is 5.91 Å². The number of carbonyl (C=O) groups excluding carboxylic acids is 1. The highest BCUT2D eigenvalue weighted by Gasteiger charge is 2.45. The standard InChI is InChI=1S/C27H32F3N3O3/c1-17-14-32(15-18(2)36-17)26(34)21-13-19-12-20(27(28,29)30)8-9-22(19)33-11-10-31(16-24(21)33)23-6-4-5-7-25(23)35-3/h4-9,12,17-18,21,24H,10-11,13-16H2,1-3H3. The van der Waals surface area contributed by atoms with Crippen LogP contribution in [0, 0.1) is 5.92 Å². The Bertz CT molecular complexity index is 1110. The summed E-state index contributed by atoms with van der Waals surface area (Å²) in [5.74, 6) is 0.281. The van der Waals surface area contributed by atoms with E-state index in [0.29, 0.717) is 38.3 Å². The van der Waals surface area contributed by atoms with Crippen LogP contribution < -0.4 is 14.5 Å². The first-order valence-corrected chi connectivity index (χ1v) is 12.4. The highest BCUT2D eigenvalue weighted by atomic mass is 19.4. The number of morpholine rings is 1. The van der Waals surface area contributed by atoms with Crippen molar-refractivity contribution in [3.63, 3.8) is 0 Å². The molecule has 2 aromatic carbocycles. The van der Waals surface area contributed by atoms with Crippen LogP contribution in [0.4, 0.5) is 24.5 Å². The number of piperazine rings is 1. The van der Waals surface area contributed by atoms with Crippen LogP contribution >= 0.6 is 0 Å². The fourth-order valence-electron chi connectivity index (χ4n) is 5.99. The number of ether oxygens (including phenoxy) is 2. The highest BCUT2D eigenvalue weighted by molar-refractivity contribution is 5.83. The van der Waals surface area contributed by atoms with Gasteiger partial charge >= 0.3 is 6.18 Å². The number of carbonyl (C=O) groups is 1. The number of rotatable bonds is 3. The van der Waals surface area contributed by atoms with Gasteiger partial charge in [-0.25, -0.2) is 0 Å². The largest absolute Gasteiger partial charge is 0.495 e. The molecule has 6 nitrogen and oxygen atoms in total. The number of methoxy groups -OCH3 is 1. The van der Waals surface area contributed by atoms with E-state index in [2.05, 4.69) is 9.80 Å². The third-order valence-corrected chi connectivity index (χ3v) is 7.51. The molecule has 0 saturated carbocycles. The van der Waals surface area contributed by atoms with Crippen molar-refractivity contribution in [2.75, 3.05) is 49.6 Å². The Morgan fingerprint density at radius 2 is 1.72 bits per heavy atom. The Labute approximate surface area is 209 Å². The molecule has 2 fully saturated rings. The lowest BCUT2D eigenvalue weighted by Crippen LogP contribution is -2.62. The van der Waals surface area contributed by atoms with Crippen LogP contribution in [0.3, 0.4) is 0 Å². The van der Waals surface area contributed by atoms with E-state index < -0.39 is 17.7 Å². The smallest absolute Gasteiger partial charge is 0.416 e. The van der Waals surface area contributed by atoms with Crippen molar-refractivity contribution in [2.24, 2.45) is 5.92 Å². The van der Waals surface area contributed by atoms with E-state index in [1.54, 1.807) is 13.2 Å². The minimum atomic E-state index is -4.43. The molecule has 3 aliphatic rings. The first-order chi connectivity index (χ1) is 17.2. The summed E-state index contributed by atoms with van der Waals surface area (Å²) in [5.41, 5.74) is 1.66. The predicted molar refractivity (Wildman–Crippen MR) is 132 cm³/mol. The van der Waals surface area contributed by atoms with Gasteiger partial charge in [0, 0.05) is 38.4 Å². The molecule has 0 aromatic heterocycles. The van der Waals surface area contributed by atoms with Crippen molar-refractivity contribution in [1.82, 2.24) is 4.90 Å². The minimum Gasteiger partial charge on any atom is -0.495 e. The van der Waals surface area contributed by atoms with E-state index in [9.17, 15) is 18.0 Å². The van der Waals surface area contributed by atoms with E-state index >= 15 is 0 Å². The lowest BCUT2D eigenvalue weighted by Gasteiger charge is -2.51. The Morgan fingerprint density at radius 1 is 1.00 bits per heavy atom. The zero-order valence-electron chi connectivity index (χ0n) is 20.8. The summed E-state index contributed by atoms with van der Waals surface area (Å²) < 4.78 is 51.9. The molecule has 1 amide bonds.